The Labute approximate surface area is 184 Å². The summed E-state index contributed by atoms with van der Waals surface area (Å²) in [5.41, 5.74) is 8.83. The van der Waals surface area contributed by atoms with E-state index in [1.807, 2.05) is 12.1 Å². The van der Waals surface area contributed by atoms with Crippen molar-refractivity contribution >= 4 is 28.8 Å². The average Bonchev–Trinajstić information content (AvgIpc) is 3.07. The fraction of sp³-hybridized carbons (Fsp3) is 0.391. The van der Waals surface area contributed by atoms with Crippen LogP contribution in [0.25, 0.3) is 5.65 Å². The Morgan fingerprint density at radius 1 is 1.25 bits per heavy atom. The van der Waals surface area contributed by atoms with Crippen LogP contribution in [0.5, 0.6) is 5.75 Å². The number of carbonyl (C=O) groups is 2. The lowest BCUT2D eigenvalue weighted by Gasteiger charge is -2.25. The molecule has 3 N–H and O–H groups in total. The number of rotatable bonds is 4. The Balaban J connectivity index is 1.34. The number of anilines is 2. The van der Waals surface area contributed by atoms with E-state index in [9.17, 15) is 9.59 Å². The summed E-state index contributed by atoms with van der Waals surface area (Å²) >= 11 is 0. The molecule has 1 saturated carbocycles. The van der Waals surface area contributed by atoms with Crippen LogP contribution in [0.4, 0.5) is 11.4 Å². The number of carbonyl (C=O) groups excluding carboxylic acids is 2. The van der Waals surface area contributed by atoms with Gasteiger partial charge in [0, 0.05) is 49.5 Å². The maximum absolute atomic E-state index is 13.2. The zero-order valence-electron chi connectivity index (χ0n) is 17.9. The molecule has 32 heavy (non-hydrogen) atoms. The van der Waals surface area contributed by atoms with Gasteiger partial charge in [0.2, 0.25) is 5.91 Å². The quantitative estimate of drug-likeness (QED) is 0.650. The molecular weight excluding hydrogens is 408 g/mol. The molecule has 3 atom stereocenters. The summed E-state index contributed by atoms with van der Waals surface area (Å²) in [6, 6.07) is 5.78. The van der Waals surface area contributed by atoms with Gasteiger partial charge in [0.05, 0.1) is 17.6 Å². The van der Waals surface area contributed by atoms with Crippen molar-refractivity contribution in [2.45, 2.75) is 25.9 Å². The van der Waals surface area contributed by atoms with Crippen molar-refractivity contribution in [3.63, 3.8) is 0 Å². The number of piperidine rings is 1. The third-order valence-electron chi connectivity index (χ3n) is 6.82. The number of hydrogen-bond donors (Lipinski definition) is 2. The predicted octanol–water partition coefficient (Wildman–Crippen LogP) is 1.86. The van der Waals surface area contributed by atoms with Gasteiger partial charge in [-0.15, -0.1) is 0 Å². The van der Waals surface area contributed by atoms with Gasteiger partial charge in [-0.3, -0.25) is 9.59 Å². The third-order valence-corrected chi connectivity index (χ3v) is 6.82. The molecule has 1 aromatic carbocycles. The summed E-state index contributed by atoms with van der Waals surface area (Å²) < 4.78 is 7.72. The maximum Gasteiger partial charge on any atom is 0.261 e. The summed E-state index contributed by atoms with van der Waals surface area (Å²) in [7, 11) is 0. The Morgan fingerprint density at radius 3 is 2.78 bits per heavy atom. The summed E-state index contributed by atoms with van der Waals surface area (Å²) in [4.78, 5) is 31.3. The molecule has 6 rings (SSSR count). The molecule has 1 aliphatic carbocycles. The smallest absolute Gasteiger partial charge is 0.261 e. The van der Waals surface area contributed by atoms with Gasteiger partial charge in [-0.25, -0.2) is 9.50 Å². The molecule has 0 bridgehead atoms. The Bertz CT molecular complexity index is 1270. The normalized spacial score (nSPS) is 24.7. The van der Waals surface area contributed by atoms with Gasteiger partial charge in [0.25, 0.3) is 5.91 Å². The van der Waals surface area contributed by atoms with Crippen molar-refractivity contribution in [1.82, 2.24) is 14.6 Å². The van der Waals surface area contributed by atoms with E-state index in [-0.39, 0.29) is 35.2 Å². The van der Waals surface area contributed by atoms with Crippen LogP contribution in [0, 0.1) is 17.8 Å². The van der Waals surface area contributed by atoms with Crippen molar-refractivity contribution < 1.29 is 14.3 Å². The molecule has 3 aliphatic rings. The fourth-order valence-corrected chi connectivity index (χ4v) is 5.32. The topological polar surface area (TPSA) is 115 Å². The van der Waals surface area contributed by atoms with E-state index < -0.39 is 0 Å². The first kappa shape index (κ1) is 19.1. The lowest BCUT2D eigenvalue weighted by molar-refractivity contribution is -0.119. The fourth-order valence-electron chi connectivity index (χ4n) is 5.32. The highest BCUT2D eigenvalue weighted by molar-refractivity contribution is 6.09. The van der Waals surface area contributed by atoms with Crippen molar-refractivity contribution in [3.8, 4) is 5.75 Å². The molecule has 4 heterocycles. The zero-order chi connectivity index (χ0) is 22.2. The maximum atomic E-state index is 13.2. The minimum Gasteiger partial charge on any atom is -0.487 e. The number of primary amides is 1. The van der Waals surface area contributed by atoms with Gasteiger partial charge < -0.3 is 20.7 Å². The molecule has 9 nitrogen and oxygen atoms in total. The summed E-state index contributed by atoms with van der Waals surface area (Å²) in [5, 5.41) is 7.30. The molecule has 2 aromatic heterocycles. The zero-order valence-corrected chi connectivity index (χ0v) is 17.9. The first-order chi connectivity index (χ1) is 15.3. The SMILES string of the molecule is CC1(C)Cc2cc(NC(=O)c3cnn4cccnc34)c(N3CC4C(C(N)=O)[C@H]4C3)cc2O1. The highest BCUT2D eigenvalue weighted by atomic mass is 16.5. The Kier molecular flexibility index (Phi) is 3.84. The molecule has 2 aliphatic heterocycles. The second kappa shape index (κ2) is 6.44. The summed E-state index contributed by atoms with van der Waals surface area (Å²) in [6.07, 6.45) is 5.68. The number of hydrogen-bond acceptors (Lipinski definition) is 6. The van der Waals surface area contributed by atoms with Gasteiger partial charge in [-0.05, 0) is 37.8 Å². The molecule has 164 valence electrons. The van der Waals surface area contributed by atoms with E-state index >= 15 is 0 Å². The summed E-state index contributed by atoms with van der Waals surface area (Å²) in [5.74, 6) is 0.896. The minimum absolute atomic E-state index is 0.0289. The van der Waals surface area contributed by atoms with Gasteiger partial charge in [-0.2, -0.15) is 5.10 Å². The van der Waals surface area contributed by atoms with Crippen LogP contribution in [0.1, 0.15) is 29.8 Å². The van der Waals surface area contributed by atoms with Crippen LogP contribution in [0.3, 0.4) is 0 Å². The van der Waals surface area contributed by atoms with Crippen molar-refractivity contribution in [3.05, 3.63) is 47.9 Å². The number of nitrogens with two attached hydrogens (primary N) is 1. The van der Waals surface area contributed by atoms with Crippen LogP contribution in [0.15, 0.2) is 36.8 Å². The van der Waals surface area contributed by atoms with Crippen LogP contribution in [0.2, 0.25) is 0 Å². The Morgan fingerprint density at radius 2 is 2.03 bits per heavy atom. The lowest BCUT2D eigenvalue weighted by atomic mass is 10.0. The molecule has 0 spiro atoms. The van der Waals surface area contributed by atoms with Crippen molar-refractivity contribution in [2.24, 2.45) is 23.5 Å². The van der Waals surface area contributed by atoms with E-state index in [1.54, 1.807) is 23.0 Å². The monoisotopic (exact) mass is 432 g/mol. The number of nitrogens with zero attached hydrogens (tertiary/aromatic N) is 4. The molecule has 2 unspecified atom stereocenters. The highest BCUT2D eigenvalue weighted by Crippen LogP contribution is 2.54. The second-order valence-corrected chi connectivity index (χ2v) is 9.58. The number of ether oxygens (including phenoxy) is 1. The number of amides is 2. The molecule has 0 radical (unpaired) electrons. The first-order valence-corrected chi connectivity index (χ1v) is 10.8. The molecular formula is C23H24N6O3. The lowest BCUT2D eigenvalue weighted by Crippen LogP contribution is -2.29. The number of aromatic nitrogens is 3. The average molecular weight is 432 g/mol. The molecule has 2 amide bonds. The van der Waals surface area contributed by atoms with E-state index in [0.717, 1.165) is 42.2 Å². The minimum atomic E-state index is -0.293. The molecule has 2 fully saturated rings. The van der Waals surface area contributed by atoms with E-state index in [4.69, 9.17) is 10.5 Å². The van der Waals surface area contributed by atoms with E-state index in [0.29, 0.717) is 11.2 Å². The standard InChI is InChI=1S/C23H24N6O3/c1-23(2)8-12-6-16(27-22(31)13-9-26-29-5-3-4-25-21(13)29)17(7-18(12)32-23)28-10-14-15(11-28)19(14)20(24)30/h3-7,9,14-15,19H,8,10-11H2,1-2H3,(H2,24,30)(H,27,31)/t14-,15?,19?/m0/s1. The van der Waals surface area contributed by atoms with Crippen molar-refractivity contribution in [1.29, 1.82) is 0 Å². The van der Waals surface area contributed by atoms with E-state index in [1.165, 1.54) is 6.20 Å². The van der Waals surface area contributed by atoms with Crippen LogP contribution < -0.4 is 20.7 Å². The number of nitrogens with one attached hydrogen (secondary N) is 1. The van der Waals surface area contributed by atoms with Gasteiger partial charge in [0.15, 0.2) is 5.65 Å². The number of benzene rings is 1. The highest BCUT2D eigenvalue weighted by Gasteiger charge is 2.59. The molecule has 1 saturated heterocycles. The van der Waals surface area contributed by atoms with Gasteiger partial charge in [-0.1, -0.05) is 0 Å². The van der Waals surface area contributed by atoms with Crippen LogP contribution in [-0.2, 0) is 11.2 Å². The third kappa shape index (κ3) is 2.91. The Hall–Kier alpha value is -3.62. The molecule has 9 heteroatoms. The largest absolute Gasteiger partial charge is 0.487 e. The first-order valence-electron chi connectivity index (χ1n) is 10.8. The van der Waals surface area contributed by atoms with Crippen LogP contribution >= 0.6 is 0 Å². The van der Waals surface area contributed by atoms with Gasteiger partial charge >= 0.3 is 0 Å². The van der Waals surface area contributed by atoms with Crippen LogP contribution in [-0.4, -0.2) is 45.1 Å². The predicted molar refractivity (Wildman–Crippen MR) is 118 cm³/mol. The second-order valence-electron chi connectivity index (χ2n) is 9.58. The number of fused-ring (bicyclic) bond motifs is 3. The van der Waals surface area contributed by atoms with Gasteiger partial charge in [0.1, 0.15) is 16.9 Å². The van der Waals surface area contributed by atoms with Crippen molar-refractivity contribution in [2.75, 3.05) is 23.3 Å². The molecule has 3 aromatic rings. The summed E-state index contributed by atoms with van der Waals surface area (Å²) in [6.45, 7) is 5.58. The van der Waals surface area contributed by atoms with E-state index in [2.05, 4.69) is 34.1 Å².